The van der Waals surface area contributed by atoms with Gasteiger partial charge in [-0.1, -0.05) is 25.2 Å². The Morgan fingerprint density at radius 2 is 1.81 bits per heavy atom. The molecule has 5 heterocycles. The zero-order valence-electron chi connectivity index (χ0n) is 21.0. The monoisotopic (exact) mass is 503 g/mol. The molecule has 1 spiro atoms. The van der Waals surface area contributed by atoms with Crippen molar-refractivity contribution in [3.05, 3.63) is 24.3 Å². The summed E-state index contributed by atoms with van der Waals surface area (Å²) in [5.74, 6) is -2.53. The molecule has 1 N–H and O–H groups in total. The fourth-order valence-electron chi connectivity index (χ4n) is 6.56. The smallest absolute Gasteiger partial charge is 0.313 e. The van der Waals surface area contributed by atoms with Gasteiger partial charge in [-0.25, -0.2) is 0 Å². The Kier molecular flexibility index (Phi) is 7.22. The van der Waals surface area contributed by atoms with Crippen LogP contribution in [-0.2, 0) is 28.6 Å². The summed E-state index contributed by atoms with van der Waals surface area (Å²) in [5.41, 5.74) is -2.25. The molecule has 0 bridgehead atoms. The average Bonchev–Trinajstić information content (AvgIpc) is 3.16. The summed E-state index contributed by atoms with van der Waals surface area (Å²) in [4.78, 5) is 47.1. The van der Waals surface area contributed by atoms with Crippen LogP contribution < -0.4 is 0 Å². The minimum Gasteiger partial charge on any atom is -0.461 e. The lowest BCUT2D eigenvalue weighted by atomic mass is 9.73. The number of ether oxygens (including phenoxy) is 3. The van der Waals surface area contributed by atoms with Gasteiger partial charge in [0.2, 0.25) is 11.8 Å². The van der Waals surface area contributed by atoms with Gasteiger partial charge in [-0.15, -0.1) is 0 Å². The van der Waals surface area contributed by atoms with Gasteiger partial charge < -0.3 is 29.1 Å². The molecular weight excluding hydrogens is 466 g/mol. The Morgan fingerprint density at radius 1 is 1.00 bits per heavy atom. The predicted molar refractivity (Wildman–Crippen MR) is 129 cm³/mol. The van der Waals surface area contributed by atoms with Crippen LogP contribution in [0.4, 0.5) is 0 Å². The number of unbranched alkanes of at least 4 members (excludes halogenated alkanes) is 1. The van der Waals surface area contributed by atoms with Crippen LogP contribution in [-0.4, -0.2) is 121 Å². The first-order chi connectivity index (χ1) is 17.5. The van der Waals surface area contributed by atoms with Crippen LogP contribution in [0.3, 0.4) is 0 Å². The molecule has 5 aliphatic heterocycles. The number of hydrogen-bond acceptors (Lipinski definition) is 8. The largest absolute Gasteiger partial charge is 0.461 e. The molecule has 1 unspecified atom stereocenters. The Bertz CT molecular complexity index is 932. The Morgan fingerprint density at radius 3 is 2.56 bits per heavy atom. The minimum absolute atomic E-state index is 0.00990. The predicted octanol–water partition coefficient (Wildman–Crippen LogP) is -0.0365. The highest BCUT2D eigenvalue weighted by Gasteiger charge is 2.75. The second kappa shape index (κ2) is 10.2. The molecule has 0 saturated carbocycles. The molecule has 5 atom stereocenters. The van der Waals surface area contributed by atoms with Crippen molar-refractivity contribution >= 4 is 17.8 Å². The van der Waals surface area contributed by atoms with Crippen molar-refractivity contribution in [2.24, 2.45) is 11.8 Å². The van der Waals surface area contributed by atoms with Crippen molar-refractivity contribution < 1.29 is 33.7 Å². The summed E-state index contributed by atoms with van der Waals surface area (Å²) in [7, 11) is 0. The molecule has 10 heteroatoms. The molecule has 0 aromatic heterocycles. The van der Waals surface area contributed by atoms with Crippen molar-refractivity contribution in [3.8, 4) is 0 Å². The Labute approximate surface area is 211 Å². The van der Waals surface area contributed by atoms with E-state index in [0.29, 0.717) is 52.1 Å². The maximum atomic E-state index is 14.2. The van der Waals surface area contributed by atoms with Gasteiger partial charge in [-0.2, -0.15) is 0 Å². The Hall–Kier alpha value is -2.27. The number of rotatable bonds is 8. The highest BCUT2D eigenvalue weighted by molar-refractivity contribution is 5.99. The maximum Gasteiger partial charge on any atom is 0.313 e. The van der Waals surface area contributed by atoms with Crippen LogP contribution in [0.1, 0.15) is 26.2 Å². The quantitative estimate of drug-likeness (QED) is 0.279. The molecule has 5 aliphatic rings. The fraction of sp³-hybridized carbons (Fsp3) is 0.731. The second-order valence-corrected chi connectivity index (χ2v) is 10.3. The number of morpholine rings is 1. The molecule has 0 radical (unpaired) electrons. The highest BCUT2D eigenvalue weighted by Crippen LogP contribution is 2.58. The van der Waals surface area contributed by atoms with E-state index in [1.54, 1.807) is 15.9 Å². The number of amides is 2. The summed E-state index contributed by atoms with van der Waals surface area (Å²) >= 11 is 0. The first kappa shape index (κ1) is 25.4. The summed E-state index contributed by atoms with van der Waals surface area (Å²) in [6.45, 7) is 7.11. The van der Waals surface area contributed by atoms with E-state index in [1.165, 1.54) is 0 Å². The molecule has 10 nitrogen and oxygen atoms in total. The first-order valence-corrected chi connectivity index (χ1v) is 13.2. The van der Waals surface area contributed by atoms with Crippen molar-refractivity contribution in [1.29, 1.82) is 0 Å². The third-order valence-electron chi connectivity index (χ3n) is 8.38. The lowest BCUT2D eigenvalue weighted by Crippen LogP contribution is -2.57. The van der Waals surface area contributed by atoms with E-state index >= 15 is 0 Å². The number of aliphatic hydroxyl groups excluding tert-OH is 1. The van der Waals surface area contributed by atoms with Gasteiger partial charge in [-0.05, 0) is 25.3 Å². The minimum atomic E-state index is -1.25. The lowest BCUT2D eigenvalue weighted by molar-refractivity contribution is -0.159. The molecule has 3 fully saturated rings. The van der Waals surface area contributed by atoms with Crippen LogP contribution in [0.15, 0.2) is 24.3 Å². The SMILES string of the molecule is CC[C@@]12C=CCOC(=O)[C@@H]1[C@H]1C(=O)N(CCCCO)C3C(=O)N(CCN4CCOCC4)CC=C[C@@]31O2. The van der Waals surface area contributed by atoms with Gasteiger partial charge in [0, 0.05) is 45.9 Å². The van der Waals surface area contributed by atoms with E-state index in [0.717, 1.165) is 19.6 Å². The van der Waals surface area contributed by atoms with E-state index in [1.807, 2.05) is 25.2 Å². The summed E-state index contributed by atoms with van der Waals surface area (Å²) in [5, 5.41) is 9.32. The molecule has 36 heavy (non-hydrogen) atoms. The number of cyclic esters (lactones) is 1. The summed E-state index contributed by atoms with van der Waals surface area (Å²) in [6, 6.07) is -0.867. The van der Waals surface area contributed by atoms with Crippen LogP contribution >= 0.6 is 0 Å². The number of esters is 1. The second-order valence-electron chi connectivity index (χ2n) is 10.3. The topological polar surface area (TPSA) is 109 Å². The average molecular weight is 504 g/mol. The molecule has 0 aliphatic carbocycles. The number of aliphatic hydroxyl groups is 1. The normalized spacial score (nSPS) is 36.4. The number of nitrogens with zero attached hydrogens (tertiary/aromatic N) is 3. The third-order valence-corrected chi connectivity index (χ3v) is 8.38. The van der Waals surface area contributed by atoms with Crippen molar-refractivity contribution in [2.45, 2.75) is 43.4 Å². The number of hydrogen-bond donors (Lipinski definition) is 1. The van der Waals surface area contributed by atoms with Crippen molar-refractivity contribution in [2.75, 3.05) is 65.7 Å². The molecular formula is C26H37N3O7. The van der Waals surface area contributed by atoms with Gasteiger partial charge >= 0.3 is 5.97 Å². The lowest BCUT2D eigenvalue weighted by Gasteiger charge is -2.38. The standard InChI is InChI=1S/C26H37N3O7/c1-2-25-7-6-16-35-24(33)20(25)19-22(31)29(10-3-4-15-30)21-23(32)28(9-5-8-26(19,21)36-25)12-11-27-13-17-34-18-14-27/h5-8,19-21,30H,2-4,9-18H2,1H3/t19-,20-,21?,25+,26-/m0/s1. The molecule has 3 saturated heterocycles. The van der Waals surface area contributed by atoms with Crippen molar-refractivity contribution in [3.63, 3.8) is 0 Å². The van der Waals surface area contributed by atoms with Crippen LogP contribution in [0.5, 0.6) is 0 Å². The molecule has 0 aromatic carbocycles. The Balaban J connectivity index is 1.49. The highest BCUT2D eigenvalue weighted by atomic mass is 16.6. The first-order valence-electron chi connectivity index (χ1n) is 13.2. The van der Waals surface area contributed by atoms with E-state index in [-0.39, 0.29) is 25.0 Å². The third kappa shape index (κ3) is 4.08. The fourth-order valence-corrected chi connectivity index (χ4v) is 6.56. The van der Waals surface area contributed by atoms with Gasteiger partial charge in [0.1, 0.15) is 29.8 Å². The zero-order valence-corrected chi connectivity index (χ0v) is 21.0. The van der Waals surface area contributed by atoms with E-state index in [9.17, 15) is 19.5 Å². The molecule has 0 aromatic rings. The number of fused-ring (bicyclic) bond motifs is 2. The number of likely N-dealkylation sites (tertiary alicyclic amines) is 1. The zero-order chi connectivity index (χ0) is 25.3. The van der Waals surface area contributed by atoms with Gasteiger partial charge in [-0.3, -0.25) is 19.3 Å². The van der Waals surface area contributed by atoms with Crippen LogP contribution in [0.2, 0.25) is 0 Å². The molecule has 5 rings (SSSR count). The van der Waals surface area contributed by atoms with E-state index in [2.05, 4.69) is 4.90 Å². The van der Waals surface area contributed by atoms with Crippen LogP contribution in [0, 0.1) is 11.8 Å². The van der Waals surface area contributed by atoms with Gasteiger partial charge in [0.05, 0.1) is 19.1 Å². The van der Waals surface area contributed by atoms with Gasteiger partial charge in [0.15, 0.2) is 0 Å². The van der Waals surface area contributed by atoms with Crippen molar-refractivity contribution in [1.82, 2.24) is 14.7 Å². The molecule has 198 valence electrons. The van der Waals surface area contributed by atoms with E-state index < -0.39 is 35.0 Å². The van der Waals surface area contributed by atoms with E-state index in [4.69, 9.17) is 14.2 Å². The number of carbonyl (C=O) groups excluding carboxylic acids is 3. The summed E-state index contributed by atoms with van der Waals surface area (Å²) < 4.78 is 17.7. The van der Waals surface area contributed by atoms with Crippen LogP contribution in [0.25, 0.3) is 0 Å². The van der Waals surface area contributed by atoms with Gasteiger partial charge in [0.25, 0.3) is 0 Å². The summed E-state index contributed by atoms with van der Waals surface area (Å²) in [6.07, 6.45) is 8.97. The maximum absolute atomic E-state index is 14.2. The number of carbonyl (C=O) groups is 3. The molecule has 2 amide bonds.